The maximum atomic E-state index is 12.4. The smallest absolute Gasteiger partial charge is 0.241 e. The molecule has 1 saturated heterocycles. The molecule has 5 nitrogen and oxygen atoms in total. The number of aryl methyl sites for hydroxylation is 1. The molecule has 6 heteroatoms. The van der Waals surface area contributed by atoms with E-state index in [0.717, 1.165) is 44.3 Å². The fourth-order valence-corrected chi connectivity index (χ4v) is 3.83. The van der Waals surface area contributed by atoms with Gasteiger partial charge in [-0.15, -0.1) is 0 Å². The standard InChI is InChI=1S/C16H24N2O3S/c1-13-7-9-15(10-8-13)22(20,21)17-14(2)16(19)18-11-5-3-4-6-12-18/h7-10,14,17H,3-6,11-12H2,1-2H3. The van der Waals surface area contributed by atoms with Crippen molar-refractivity contribution in [2.45, 2.75) is 50.5 Å². The number of carbonyl (C=O) groups excluding carboxylic acids is 1. The van der Waals surface area contributed by atoms with Gasteiger partial charge in [0.2, 0.25) is 15.9 Å². The van der Waals surface area contributed by atoms with Gasteiger partial charge in [0.1, 0.15) is 0 Å². The number of amides is 1. The molecule has 0 aliphatic carbocycles. The number of carbonyl (C=O) groups is 1. The van der Waals surface area contributed by atoms with Crippen LogP contribution in [0.2, 0.25) is 0 Å². The zero-order valence-electron chi connectivity index (χ0n) is 13.2. The Balaban J connectivity index is 2.04. The van der Waals surface area contributed by atoms with Gasteiger partial charge in [0.05, 0.1) is 10.9 Å². The van der Waals surface area contributed by atoms with Crippen molar-refractivity contribution in [3.63, 3.8) is 0 Å². The average Bonchev–Trinajstić information content (AvgIpc) is 2.75. The van der Waals surface area contributed by atoms with E-state index in [0.29, 0.717) is 0 Å². The topological polar surface area (TPSA) is 66.5 Å². The molecule has 1 amide bonds. The summed E-state index contributed by atoms with van der Waals surface area (Å²) in [5, 5.41) is 0. The highest BCUT2D eigenvalue weighted by molar-refractivity contribution is 7.89. The number of sulfonamides is 1. The van der Waals surface area contributed by atoms with E-state index in [1.807, 2.05) is 6.92 Å². The van der Waals surface area contributed by atoms with Crippen LogP contribution in [0.3, 0.4) is 0 Å². The summed E-state index contributed by atoms with van der Waals surface area (Å²) >= 11 is 0. The van der Waals surface area contributed by atoms with Crippen molar-refractivity contribution in [2.24, 2.45) is 0 Å². The minimum absolute atomic E-state index is 0.141. The zero-order valence-corrected chi connectivity index (χ0v) is 14.0. The second kappa shape index (κ2) is 7.24. The Labute approximate surface area is 132 Å². The lowest BCUT2D eigenvalue weighted by atomic mass is 10.2. The molecule has 1 heterocycles. The largest absolute Gasteiger partial charge is 0.341 e. The van der Waals surface area contributed by atoms with Crippen molar-refractivity contribution in [1.82, 2.24) is 9.62 Å². The molecule has 0 aromatic heterocycles. The third-order valence-corrected chi connectivity index (χ3v) is 5.51. The van der Waals surface area contributed by atoms with E-state index < -0.39 is 16.1 Å². The summed E-state index contributed by atoms with van der Waals surface area (Å²) in [6.45, 7) is 4.94. The van der Waals surface area contributed by atoms with Gasteiger partial charge in [-0.25, -0.2) is 8.42 Å². The first-order valence-corrected chi connectivity index (χ1v) is 9.26. The molecule has 0 saturated carbocycles. The van der Waals surface area contributed by atoms with Crippen LogP contribution in [0.25, 0.3) is 0 Å². The van der Waals surface area contributed by atoms with E-state index in [4.69, 9.17) is 0 Å². The number of benzene rings is 1. The molecule has 122 valence electrons. The second-order valence-corrected chi connectivity index (χ2v) is 7.61. The van der Waals surface area contributed by atoms with Crippen molar-refractivity contribution in [3.05, 3.63) is 29.8 Å². The summed E-state index contributed by atoms with van der Waals surface area (Å²) in [5.74, 6) is -0.141. The van der Waals surface area contributed by atoms with E-state index in [1.165, 1.54) is 0 Å². The maximum Gasteiger partial charge on any atom is 0.241 e. The van der Waals surface area contributed by atoms with E-state index in [9.17, 15) is 13.2 Å². The quantitative estimate of drug-likeness (QED) is 0.922. The molecule has 0 spiro atoms. The molecule has 0 radical (unpaired) electrons. The fourth-order valence-electron chi connectivity index (χ4n) is 2.63. The van der Waals surface area contributed by atoms with Crippen molar-refractivity contribution >= 4 is 15.9 Å². The van der Waals surface area contributed by atoms with Crippen LogP contribution in [0.4, 0.5) is 0 Å². The lowest BCUT2D eigenvalue weighted by Crippen LogP contribution is -2.47. The van der Waals surface area contributed by atoms with E-state index in [-0.39, 0.29) is 10.8 Å². The van der Waals surface area contributed by atoms with Crippen molar-refractivity contribution < 1.29 is 13.2 Å². The van der Waals surface area contributed by atoms with Crippen LogP contribution in [0.1, 0.15) is 38.2 Å². The molecule has 1 unspecified atom stereocenters. The van der Waals surface area contributed by atoms with Crippen molar-refractivity contribution in [1.29, 1.82) is 0 Å². The number of nitrogens with one attached hydrogen (secondary N) is 1. The Morgan fingerprint density at radius 1 is 1.09 bits per heavy atom. The lowest BCUT2D eigenvalue weighted by Gasteiger charge is -2.24. The summed E-state index contributed by atoms with van der Waals surface area (Å²) in [6.07, 6.45) is 4.24. The third-order valence-electron chi connectivity index (χ3n) is 3.95. The number of hydrogen-bond donors (Lipinski definition) is 1. The predicted octanol–water partition coefficient (Wildman–Crippen LogP) is 2.06. The summed E-state index contributed by atoms with van der Waals surface area (Å²) in [6, 6.07) is 5.86. The summed E-state index contributed by atoms with van der Waals surface area (Å²) in [7, 11) is -3.67. The second-order valence-electron chi connectivity index (χ2n) is 5.90. The number of rotatable bonds is 4. The lowest BCUT2D eigenvalue weighted by molar-refractivity contribution is -0.132. The molecule has 2 rings (SSSR count). The number of hydrogen-bond acceptors (Lipinski definition) is 3. The Bertz CT molecular complexity index is 603. The van der Waals surface area contributed by atoms with Crippen LogP contribution in [0, 0.1) is 6.92 Å². The number of likely N-dealkylation sites (tertiary alicyclic amines) is 1. The Morgan fingerprint density at radius 2 is 1.64 bits per heavy atom. The maximum absolute atomic E-state index is 12.4. The molecular weight excluding hydrogens is 300 g/mol. The summed E-state index contributed by atoms with van der Waals surface area (Å²) in [4.78, 5) is 14.4. The van der Waals surface area contributed by atoms with Crippen LogP contribution in [-0.4, -0.2) is 38.4 Å². The highest BCUT2D eigenvalue weighted by atomic mass is 32.2. The van der Waals surface area contributed by atoms with Crippen molar-refractivity contribution in [3.8, 4) is 0 Å². The molecule has 1 aromatic rings. The molecule has 1 N–H and O–H groups in total. The van der Waals surface area contributed by atoms with Gasteiger partial charge in [-0.1, -0.05) is 30.5 Å². The zero-order chi connectivity index (χ0) is 16.2. The molecule has 1 aromatic carbocycles. The van der Waals surface area contributed by atoms with Crippen molar-refractivity contribution in [2.75, 3.05) is 13.1 Å². The molecule has 1 atom stereocenters. The van der Waals surface area contributed by atoms with Gasteiger partial charge in [-0.3, -0.25) is 4.79 Å². The molecule has 1 fully saturated rings. The minimum atomic E-state index is -3.67. The van der Waals surface area contributed by atoms with Gasteiger partial charge in [-0.05, 0) is 38.8 Å². The van der Waals surface area contributed by atoms with E-state index in [2.05, 4.69) is 4.72 Å². The Morgan fingerprint density at radius 3 is 2.18 bits per heavy atom. The first-order valence-electron chi connectivity index (χ1n) is 7.78. The SMILES string of the molecule is Cc1ccc(S(=O)(=O)NC(C)C(=O)N2CCCCCC2)cc1. The normalized spacial score (nSPS) is 17.8. The van der Waals surface area contributed by atoms with E-state index >= 15 is 0 Å². The van der Waals surface area contributed by atoms with Gasteiger partial charge < -0.3 is 4.90 Å². The van der Waals surface area contributed by atoms with Crippen LogP contribution in [0.5, 0.6) is 0 Å². The highest BCUT2D eigenvalue weighted by Gasteiger charge is 2.26. The third kappa shape index (κ3) is 4.30. The average molecular weight is 324 g/mol. The number of nitrogens with zero attached hydrogens (tertiary/aromatic N) is 1. The van der Waals surface area contributed by atoms with Gasteiger partial charge in [-0.2, -0.15) is 4.72 Å². The molecule has 22 heavy (non-hydrogen) atoms. The van der Waals surface area contributed by atoms with Crippen LogP contribution in [0.15, 0.2) is 29.2 Å². The van der Waals surface area contributed by atoms with E-state index in [1.54, 1.807) is 36.1 Å². The minimum Gasteiger partial charge on any atom is -0.341 e. The summed E-state index contributed by atoms with van der Waals surface area (Å²) < 4.78 is 27.1. The summed E-state index contributed by atoms with van der Waals surface area (Å²) in [5.41, 5.74) is 0.993. The Hall–Kier alpha value is -1.40. The fraction of sp³-hybridized carbons (Fsp3) is 0.562. The van der Waals surface area contributed by atoms with Crippen LogP contribution in [-0.2, 0) is 14.8 Å². The van der Waals surface area contributed by atoms with Gasteiger partial charge in [0.15, 0.2) is 0 Å². The Kier molecular flexibility index (Phi) is 5.58. The molecular formula is C16H24N2O3S. The highest BCUT2D eigenvalue weighted by Crippen LogP contribution is 2.13. The first-order chi connectivity index (χ1) is 10.4. The van der Waals surface area contributed by atoms with Gasteiger partial charge in [0.25, 0.3) is 0 Å². The molecule has 1 aliphatic heterocycles. The molecule has 0 bridgehead atoms. The molecule has 1 aliphatic rings. The van der Waals surface area contributed by atoms with Gasteiger partial charge >= 0.3 is 0 Å². The predicted molar refractivity (Wildman–Crippen MR) is 86.0 cm³/mol. The monoisotopic (exact) mass is 324 g/mol. The first kappa shape index (κ1) is 17.0. The van der Waals surface area contributed by atoms with Crippen LogP contribution < -0.4 is 4.72 Å². The van der Waals surface area contributed by atoms with Crippen LogP contribution >= 0.6 is 0 Å². The van der Waals surface area contributed by atoms with Gasteiger partial charge in [0, 0.05) is 13.1 Å².